The zero-order valence-corrected chi connectivity index (χ0v) is 10.2. The van der Waals surface area contributed by atoms with Crippen LogP contribution in [-0.2, 0) is 0 Å². The first kappa shape index (κ1) is 11.4. The highest BCUT2D eigenvalue weighted by Gasteiger charge is 2.34. The van der Waals surface area contributed by atoms with E-state index in [2.05, 4.69) is 49.4 Å². The van der Waals surface area contributed by atoms with Crippen LogP contribution in [-0.4, -0.2) is 0 Å². The van der Waals surface area contributed by atoms with E-state index in [-0.39, 0.29) is 0 Å². The van der Waals surface area contributed by atoms with Crippen molar-refractivity contribution >= 4 is 6.08 Å². The van der Waals surface area contributed by atoms with Crippen LogP contribution >= 0.6 is 0 Å². The molecule has 0 aliphatic heterocycles. The van der Waals surface area contributed by atoms with Crippen LogP contribution in [0.4, 0.5) is 0 Å². The minimum atomic E-state index is 0.992. The summed E-state index contributed by atoms with van der Waals surface area (Å²) in [4.78, 5) is 0. The molecule has 1 fully saturated rings. The van der Waals surface area contributed by atoms with Gasteiger partial charge in [0.25, 0.3) is 0 Å². The molecule has 1 aliphatic rings. The van der Waals surface area contributed by atoms with Crippen LogP contribution in [0.25, 0.3) is 6.08 Å². The van der Waals surface area contributed by atoms with Gasteiger partial charge in [0.15, 0.2) is 0 Å². The van der Waals surface area contributed by atoms with Crippen LogP contribution < -0.4 is 0 Å². The zero-order chi connectivity index (χ0) is 11.2. The fraction of sp³-hybridized carbons (Fsp3) is 0.500. The highest BCUT2D eigenvalue weighted by atomic mass is 14.4. The number of unbranched alkanes of at least 4 members (excludes halogenated alkanes) is 1. The molecule has 2 rings (SSSR count). The molecule has 0 radical (unpaired) electrons. The normalized spacial score (nSPS) is 23.8. The molecular formula is C16H22. The van der Waals surface area contributed by atoms with E-state index in [1.807, 2.05) is 0 Å². The summed E-state index contributed by atoms with van der Waals surface area (Å²) in [5.41, 5.74) is 1.33. The van der Waals surface area contributed by atoms with Crippen LogP contribution in [0.5, 0.6) is 0 Å². The Bertz CT molecular complexity index is 323. The fourth-order valence-corrected chi connectivity index (χ4v) is 2.36. The minimum absolute atomic E-state index is 0.992. The van der Waals surface area contributed by atoms with Crippen LogP contribution in [0.2, 0.25) is 0 Å². The molecular weight excluding hydrogens is 192 g/mol. The van der Waals surface area contributed by atoms with Crippen molar-refractivity contribution in [3.63, 3.8) is 0 Å². The molecule has 0 unspecified atom stereocenters. The van der Waals surface area contributed by atoms with Gasteiger partial charge in [-0.1, -0.05) is 68.7 Å². The molecule has 0 bridgehead atoms. The summed E-state index contributed by atoms with van der Waals surface area (Å²) < 4.78 is 0. The van der Waals surface area contributed by atoms with E-state index in [9.17, 15) is 0 Å². The summed E-state index contributed by atoms with van der Waals surface area (Å²) in [7, 11) is 0. The summed E-state index contributed by atoms with van der Waals surface area (Å²) in [5, 5.41) is 0. The van der Waals surface area contributed by atoms with Gasteiger partial charge in [-0.3, -0.25) is 0 Å². The Labute approximate surface area is 99.4 Å². The van der Waals surface area contributed by atoms with Crippen LogP contribution in [0.3, 0.4) is 0 Å². The molecule has 0 spiro atoms. The summed E-state index contributed by atoms with van der Waals surface area (Å²) in [5.74, 6) is 2.03. The Hall–Kier alpha value is -1.04. The van der Waals surface area contributed by atoms with E-state index in [1.165, 1.54) is 37.7 Å². The predicted octanol–water partition coefficient (Wildman–Crippen LogP) is 4.92. The first-order valence-corrected chi connectivity index (χ1v) is 6.61. The SMILES string of the molecule is CCCC[C@H]1C[C@H]1C/C=C/c1ccccc1. The van der Waals surface area contributed by atoms with Crippen molar-refractivity contribution in [2.45, 2.75) is 39.0 Å². The fourth-order valence-electron chi connectivity index (χ4n) is 2.36. The standard InChI is InChI=1S/C16H22/c1-2-3-11-15-13-16(15)12-7-10-14-8-5-4-6-9-14/h4-10,15-16H,2-3,11-13H2,1H3/b10-7+/t15-,16+/m0/s1. The third-order valence-electron chi connectivity index (χ3n) is 3.55. The van der Waals surface area contributed by atoms with Gasteiger partial charge in [-0.2, -0.15) is 0 Å². The lowest BCUT2D eigenvalue weighted by Gasteiger charge is -1.95. The van der Waals surface area contributed by atoms with Gasteiger partial charge in [0.2, 0.25) is 0 Å². The third-order valence-corrected chi connectivity index (χ3v) is 3.55. The van der Waals surface area contributed by atoms with Gasteiger partial charge >= 0.3 is 0 Å². The summed E-state index contributed by atoms with van der Waals surface area (Å²) in [6.45, 7) is 2.28. The number of allylic oxidation sites excluding steroid dienone is 1. The second-order valence-corrected chi connectivity index (χ2v) is 4.95. The van der Waals surface area contributed by atoms with Gasteiger partial charge in [-0.05, 0) is 30.2 Å². The Kier molecular flexibility index (Phi) is 4.21. The Morgan fingerprint density at radius 3 is 2.75 bits per heavy atom. The lowest BCUT2D eigenvalue weighted by Crippen LogP contribution is -1.81. The maximum absolute atomic E-state index is 2.35. The molecule has 0 heterocycles. The first-order valence-electron chi connectivity index (χ1n) is 6.61. The number of rotatable bonds is 6. The summed E-state index contributed by atoms with van der Waals surface area (Å²) >= 11 is 0. The molecule has 1 aromatic carbocycles. The van der Waals surface area contributed by atoms with Crippen molar-refractivity contribution < 1.29 is 0 Å². The summed E-state index contributed by atoms with van der Waals surface area (Å²) in [6.07, 6.45) is 11.6. The van der Waals surface area contributed by atoms with Gasteiger partial charge in [0.05, 0.1) is 0 Å². The van der Waals surface area contributed by atoms with Crippen molar-refractivity contribution in [3.8, 4) is 0 Å². The molecule has 1 aromatic rings. The van der Waals surface area contributed by atoms with E-state index < -0.39 is 0 Å². The highest BCUT2D eigenvalue weighted by Crippen LogP contribution is 2.44. The maximum Gasteiger partial charge on any atom is -0.0260 e. The van der Waals surface area contributed by atoms with Gasteiger partial charge in [0.1, 0.15) is 0 Å². The second kappa shape index (κ2) is 5.89. The van der Waals surface area contributed by atoms with Crippen LogP contribution in [0.15, 0.2) is 36.4 Å². The molecule has 1 aliphatic carbocycles. The topological polar surface area (TPSA) is 0 Å². The van der Waals surface area contributed by atoms with E-state index in [0.29, 0.717) is 0 Å². The molecule has 1 saturated carbocycles. The van der Waals surface area contributed by atoms with Gasteiger partial charge in [-0.15, -0.1) is 0 Å². The zero-order valence-electron chi connectivity index (χ0n) is 10.2. The van der Waals surface area contributed by atoms with Gasteiger partial charge in [0, 0.05) is 0 Å². The Morgan fingerprint density at radius 1 is 1.19 bits per heavy atom. The van der Waals surface area contributed by atoms with Crippen molar-refractivity contribution in [1.29, 1.82) is 0 Å². The van der Waals surface area contributed by atoms with Crippen LogP contribution in [0, 0.1) is 11.8 Å². The quantitative estimate of drug-likeness (QED) is 0.630. The number of benzene rings is 1. The monoisotopic (exact) mass is 214 g/mol. The minimum Gasteiger partial charge on any atom is -0.0837 e. The molecule has 0 saturated heterocycles. The highest BCUT2D eigenvalue weighted by molar-refractivity contribution is 5.48. The average Bonchev–Trinajstić information content (AvgIpc) is 3.07. The molecule has 0 heteroatoms. The van der Waals surface area contributed by atoms with Crippen molar-refractivity contribution in [2.75, 3.05) is 0 Å². The lowest BCUT2D eigenvalue weighted by molar-refractivity contribution is 0.605. The molecule has 2 atom stereocenters. The summed E-state index contributed by atoms with van der Waals surface area (Å²) in [6, 6.07) is 10.6. The van der Waals surface area contributed by atoms with Gasteiger partial charge in [-0.25, -0.2) is 0 Å². The van der Waals surface area contributed by atoms with E-state index >= 15 is 0 Å². The lowest BCUT2D eigenvalue weighted by atomic mass is 10.1. The number of hydrogen-bond donors (Lipinski definition) is 0. The second-order valence-electron chi connectivity index (χ2n) is 4.95. The smallest absolute Gasteiger partial charge is 0.0260 e. The van der Waals surface area contributed by atoms with E-state index in [0.717, 1.165) is 11.8 Å². The Balaban J connectivity index is 1.68. The van der Waals surface area contributed by atoms with Gasteiger partial charge < -0.3 is 0 Å². The van der Waals surface area contributed by atoms with Crippen LogP contribution in [0.1, 0.15) is 44.6 Å². The first-order chi connectivity index (χ1) is 7.90. The molecule has 0 amide bonds. The molecule has 0 nitrogen and oxygen atoms in total. The van der Waals surface area contributed by atoms with Crippen molar-refractivity contribution in [3.05, 3.63) is 42.0 Å². The molecule has 86 valence electrons. The third kappa shape index (κ3) is 3.52. The van der Waals surface area contributed by atoms with E-state index in [1.54, 1.807) is 0 Å². The molecule has 0 N–H and O–H groups in total. The molecule has 0 aromatic heterocycles. The van der Waals surface area contributed by atoms with E-state index in [4.69, 9.17) is 0 Å². The maximum atomic E-state index is 2.35. The largest absolute Gasteiger partial charge is 0.0837 e. The predicted molar refractivity (Wildman–Crippen MR) is 71.2 cm³/mol. The van der Waals surface area contributed by atoms with Crippen molar-refractivity contribution in [1.82, 2.24) is 0 Å². The average molecular weight is 214 g/mol. The number of hydrogen-bond acceptors (Lipinski definition) is 0. The Morgan fingerprint density at radius 2 is 2.00 bits per heavy atom. The van der Waals surface area contributed by atoms with Crippen molar-refractivity contribution in [2.24, 2.45) is 11.8 Å². The molecule has 16 heavy (non-hydrogen) atoms.